The number of ether oxygens (including phenoxy) is 2. The van der Waals surface area contributed by atoms with E-state index in [1.807, 2.05) is 19.1 Å². The number of aryl methyl sites for hydroxylation is 1. The number of hydrazine groups is 1. The Bertz CT molecular complexity index is 530. The number of nitrogens with one attached hydrogen (secondary N) is 2. The smallest absolute Gasteiger partial charge is 0.306 e. The standard InChI is InChI=1S/C15H20N2O5/c1-3-21-15(20)9-8-13(18)16-17-14(19)10-22-12-7-5-4-6-11(12)2/h4-7H,3,8-10H2,1-2H3,(H,16,18)(H,17,19). The molecule has 1 aromatic carbocycles. The number of para-hydroxylation sites is 1. The van der Waals surface area contributed by atoms with Crippen molar-refractivity contribution in [3.8, 4) is 5.75 Å². The van der Waals surface area contributed by atoms with Gasteiger partial charge in [0.2, 0.25) is 5.91 Å². The Kier molecular flexibility index (Phi) is 7.45. The third kappa shape index (κ3) is 6.74. The molecule has 0 aliphatic carbocycles. The van der Waals surface area contributed by atoms with Gasteiger partial charge in [0.1, 0.15) is 5.75 Å². The number of esters is 1. The van der Waals surface area contributed by atoms with Gasteiger partial charge in [-0.05, 0) is 25.5 Å². The van der Waals surface area contributed by atoms with Crippen LogP contribution in [0, 0.1) is 6.92 Å². The summed E-state index contributed by atoms with van der Waals surface area (Å²) in [4.78, 5) is 34.0. The zero-order chi connectivity index (χ0) is 16.4. The monoisotopic (exact) mass is 308 g/mol. The first-order chi connectivity index (χ1) is 10.5. The first-order valence-corrected chi connectivity index (χ1v) is 6.94. The minimum atomic E-state index is -0.493. The topological polar surface area (TPSA) is 93.7 Å². The van der Waals surface area contributed by atoms with Gasteiger partial charge in [0.25, 0.3) is 5.91 Å². The molecule has 0 bridgehead atoms. The lowest BCUT2D eigenvalue weighted by molar-refractivity contribution is -0.144. The zero-order valence-corrected chi connectivity index (χ0v) is 12.7. The Morgan fingerprint density at radius 3 is 2.41 bits per heavy atom. The maximum absolute atomic E-state index is 11.5. The van der Waals surface area contributed by atoms with Gasteiger partial charge in [-0.25, -0.2) is 0 Å². The second kappa shape index (κ2) is 9.38. The number of hydrogen-bond acceptors (Lipinski definition) is 5. The lowest BCUT2D eigenvalue weighted by Gasteiger charge is -2.10. The van der Waals surface area contributed by atoms with Crippen molar-refractivity contribution in [2.24, 2.45) is 0 Å². The van der Waals surface area contributed by atoms with Gasteiger partial charge in [-0.1, -0.05) is 18.2 Å². The Hall–Kier alpha value is -2.57. The summed E-state index contributed by atoms with van der Waals surface area (Å²) < 4.78 is 10.0. The van der Waals surface area contributed by atoms with Crippen molar-refractivity contribution in [3.05, 3.63) is 29.8 Å². The molecular weight excluding hydrogens is 288 g/mol. The molecule has 0 fully saturated rings. The lowest BCUT2D eigenvalue weighted by atomic mass is 10.2. The summed E-state index contributed by atoms with van der Waals surface area (Å²) in [6.45, 7) is 3.60. The van der Waals surface area contributed by atoms with Gasteiger partial charge in [0.15, 0.2) is 6.61 Å². The SMILES string of the molecule is CCOC(=O)CCC(=O)NNC(=O)COc1ccccc1C. The van der Waals surface area contributed by atoms with Gasteiger partial charge in [-0.15, -0.1) is 0 Å². The first-order valence-electron chi connectivity index (χ1n) is 6.94. The summed E-state index contributed by atoms with van der Waals surface area (Å²) in [5.74, 6) is -0.816. The Morgan fingerprint density at radius 2 is 1.73 bits per heavy atom. The molecule has 7 nitrogen and oxygen atoms in total. The Morgan fingerprint density at radius 1 is 1.05 bits per heavy atom. The van der Waals surface area contributed by atoms with Crippen LogP contribution in [0.4, 0.5) is 0 Å². The van der Waals surface area contributed by atoms with Gasteiger partial charge >= 0.3 is 5.97 Å². The third-order valence-electron chi connectivity index (χ3n) is 2.66. The van der Waals surface area contributed by atoms with Crippen molar-refractivity contribution < 1.29 is 23.9 Å². The average Bonchev–Trinajstić information content (AvgIpc) is 2.50. The average molecular weight is 308 g/mol. The highest BCUT2D eigenvalue weighted by molar-refractivity contribution is 5.84. The van der Waals surface area contributed by atoms with Crippen molar-refractivity contribution >= 4 is 17.8 Å². The van der Waals surface area contributed by atoms with E-state index in [1.54, 1.807) is 19.1 Å². The highest BCUT2D eigenvalue weighted by atomic mass is 16.5. The predicted octanol–water partition coefficient (Wildman–Crippen LogP) is 0.865. The quantitative estimate of drug-likeness (QED) is 0.576. The molecule has 1 rings (SSSR count). The van der Waals surface area contributed by atoms with Crippen molar-refractivity contribution in [2.75, 3.05) is 13.2 Å². The molecule has 0 heterocycles. The van der Waals surface area contributed by atoms with Gasteiger partial charge < -0.3 is 9.47 Å². The second-order valence-electron chi connectivity index (χ2n) is 4.46. The molecule has 7 heteroatoms. The summed E-state index contributed by atoms with van der Waals surface area (Å²) in [5.41, 5.74) is 5.33. The van der Waals surface area contributed by atoms with Crippen molar-refractivity contribution in [2.45, 2.75) is 26.7 Å². The van der Waals surface area contributed by atoms with E-state index in [2.05, 4.69) is 10.9 Å². The minimum Gasteiger partial charge on any atom is -0.483 e. The maximum Gasteiger partial charge on any atom is 0.306 e. The summed E-state index contributed by atoms with van der Waals surface area (Å²) >= 11 is 0. The van der Waals surface area contributed by atoms with Crippen LogP contribution in [0.2, 0.25) is 0 Å². The number of carbonyl (C=O) groups excluding carboxylic acids is 3. The lowest BCUT2D eigenvalue weighted by Crippen LogP contribution is -2.43. The Labute approximate surface area is 128 Å². The molecule has 0 spiro atoms. The molecule has 22 heavy (non-hydrogen) atoms. The molecule has 0 aromatic heterocycles. The number of amides is 2. The molecule has 0 saturated carbocycles. The highest BCUT2D eigenvalue weighted by Gasteiger charge is 2.09. The molecule has 0 saturated heterocycles. The van der Waals surface area contributed by atoms with E-state index in [0.29, 0.717) is 5.75 Å². The molecular formula is C15H20N2O5. The van der Waals surface area contributed by atoms with E-state index in [1.165, 1.54) is 0 Å². The fourth-order valence-corrected chi connectivity index (χ4v) is 1.55. The van der Waals surface area contributed by atoms with Crippen LogP contribution in [0.5, 0.6) is 5.75 Å². The number of benzene rings is 1. The molecule has 0 unspecified atom stereocenters. The summed E-state index contributed by atoms with van der Waals surface area (Å²) in [6, 6.07) is 7.29. The molecule has 0 aliphatic heterocycles. The molecule has 120 valence electrons. The van der Waals surface area contributed by atoms with Crippen LogP contribution in [-0.4, -0.2) is 31.0 Å². The maximum atomic E-state index is 11.5. The molecule has 0 radical (unpaired) electrons. The highest BCUT2D eigenvalue weighted by Crippen LogP contribution is 2.15. The zero-order valence-electron chi connectivity index (χ0n) is 12.7. The van der Waals surface area contributed by atoms with Gasteiger partial charge in [-0.3, -0.25) is 25.2 Å². The molecule has 2 amide bonds. The van der Waals surface area contributed by atoms with Crippen LogP contribution < -0.4 is 15.6 Å². The van der Waals surface area contributed by atoms with Crippen molar-refractivity contribution in [1.29, 1.82) is 0 Å². The van der Waals surface area contributed by atoms with E-state index >= 15 is 0 Å². The van der Waals surface area contributed by atoms with E-state index in [-0.39, 0.29) is 26.1 Å². The predicted molar refractivity (Wildman–Crippen MR) is 78.8 cm³/mol. The van der Waals surface area contributed by atoms with Crippen LogP contribution in [0.15, 0.2) is 24.3 Å². The molecule has 0 aliphatic rings. The van der Waals surface area contributed by atoms with Crippen LogP contribution in [0.25, 0.3) is 0 Å². The number of rotatable bonds is 7. The van der Waals surface area contributed by atoms with Crippen LogP contribution in [-0.2, 0) is 19.1 Å². The Balaban J connectivity index is 2.21. The molecule has 0 atom stereocenters. The van der Waals surface area contributed by atoms with Gasteiger partial charge in [0, 0.05) is 6.42 Å². The number of hydrogen-bond donors (Lipinski definition) is 2. The second-order valence-corrected chi connectivity index (χ2v) is 4.46. The first kappa shape index (κ1) is 17.5. The van der Waals surface area contributed by atoms with Crippen molar-refractivity contribution in [3.63, 3.8) is 0 Å². The van der Waals surface area contributed by atoms with Crippen LogP contribution in [0.3, 0.4) is 0 Å². The fraction of sp³-hybridized carbons (Fsp3) is 0.400. The van der Waals surface area contributed by atoms with Crippen LogP contribution in [0.1, 0.15) is 25.3 Å². The minimum absolute atomic E-state index is 0.0325. The molecule has 2 N–H and O–H groups in total. The summed E-state index contributed by atoms with van der Waals surface area (Å²) in [6.07, 6.45) is -0.0903. The van der Waals surface area contributed by atoms with Crippen molar-refractivity contribution in [1.82, 2.24) is 10.9 Å². The van der Waals surface area contributed by atoms with E-state index < -0.39 is 17.8 Å². The van der Waals surface area contributed by atoms with E-state index in [9.17, 15) is 14.4 Å². The van der Waals surface area contributed by atoms with Gasteiger partial charge in [0.05, 0.1) is 13.0 Å². The summed E-state index contributed by atoms with van der Waals surface area (Å²) in [5, 5.41) is 0. The summed E-state index contributed by atoms with van der Waals surface area (Å²) in [7, 11) is 0. The van der Waals surface area contributed by atoms with Gasteiger partial charge in [-0.2, -0.15) is 0 Å². The molecule has 1 aromatic rings. The van der Waals surface area contributed by atoms with E-state index in [0.717, 1.165) is 5.56 Å². The van der Waals surface area contributed by atoms with Crippen LogP contribution >= 0.6 is 0 Å². The largest absolute Gasteiger partial charge is 0.483 e. The normalized spacial score (nSPS) is 9.73. The van der Waals surface area contributed by atoms with E-state index in [4.69, 9.17) is 9.47 Å². The fourth-order valence-electron chi connectivity index (χ4n) is 1.55. The third-order valence-corrected chi connectivity index (χ3v) is 2.66. The number of carbonyl (C=O) groups is 3.